The Morgan fingerprint density at radius 2 is 1.79 bits per heavy atom. The number of aliphatic carboxylic acids is 1. The van der Waals surface area contributed by atoms with Crippen molar-refractivity contribution < 1.29 is 27.9 Å². The molecule has 0 radical (unpaired) electrons. The van der Waals surface area contributed by atoms with E-state index in [1.54, 1.807) is 0 Å². The summed E-state index contributed by atoms with van der Waals surface area (Å²) in [5, 5.41) is 9.10. The summed E-state index contributed by atoms with van der Waals surface area (Å²) in [6.07, 6.45) is -1.32. The highest BCUT2D eigenvalue weighted by Crippen LogP contribution is 2.33. The minimum absolute atomic E-state index is 0.211. The number of thiophene rings is 1. The van der Waals surface area contributed by atoms with Gasteiger partial charge in [-0.2, -0.15) is 13.2 Å². The maximum atomic E-state index is 12.4. The van der Waals surface area contributed by atoms with Crippen LogP contribution in [-0.4, -0.2) is 64.1 Å². The van der Waals surface area contributed by atoms with Gasteiger partial charge in [0.05, 0.1) is 4.88 Å². The predicted octanol–water partition coefficient (Wildman–Crippen LogP) is 2.98. The van der Waals surface area contributed by atoms with E-state index in [1.807, 2.05) is 40.9 Å². The first-order valence-corrected chi connectivity index (χ1v) is 9.86. The Balaban J connectivity index is 0.000000298. The number of carboxylic acid groups (broad SMARTS) is 1. The van der Waals surface area contributed by atoms with E-state index in [0.29, 0.717) is 11.8 Å². The summed E-state index contributed by atoms with van der Waals surface area (Å²) in [5.41, 5.74) is 1.27. The molecule has 0 bridgehead atoms. The molecule has 2 fully saturated rings. The number of alkyl halides is 3. The average molecular weight is 427 g/mol. The van der Waals surface area contributed by atoms with Crippen LogP contribution in [0.15, 0.2) is 42.0 Å². The fraction of sp³-hybridized carbons (Fsp3) is 0.421. The van der Waals surface area contributed by atoms with Gasteiger partial charge in [0.15, 0.2) is 0 Å². The highest BCUT2D eigenvalue weighted by atomic mass is 32.1. The van der Waals surface area contributed by atoms with E-state index in [1.165, 1.54) is 16.9 Å². The van der Waals surface area contributed by atoms with Crippen LogP contribution in [-0.2, 0) is 11.3 Å². The van der Waals surface area contributed by atoms with Crippen LogP contribution >= 0.6 is 11.3 Å². The van der Waals surface area contributed by atoms with Gasteiger partial charge in [-0.3, -0.25) is 14.7 Å². The minimum Gasteiger partial charge on any atom is -0.475 e. The van der Waals surface area contributed by atoms with E-state index in [-0.39, 0.29) is 5.91 Å². The molecule has 0 aromatic carbocycles. The number of hydrogen-bond acceptors (Lipinski definition) is 5. The van der Waals surface area contributed by atoms with Crippen molar-refractivity contribution in [3.63, 3.8) is 0 Å². The second-order valence-corrected chi connectivity index (χ2v) is 8.01. The summed E-state index contributed by atoms with van der Waals surface area (Å²) in [6.45, 7) is 4.97. The molecule has 0 aliphatic carbocycles. The number of aromatic nitrogens is 1. The SMILES string of the molecule is O=C(O)C(F)(F)F.O=C(c1cccs1)N1CC2CN(Cc3cccnc3)CC2C1. The van der Waals surface area contributed by atoms with Crippen molar-refractivity contribution in [2.45, 2.75) is 12.7 Å². The van der Waals surface area contributed by atoms with Crippen LogP contribution in [0.3, 0.4) is 0 Å². The summed E-state index contributed by atoms with van der Waals surface area (Å²) >= 11 is 1.54. The van der Waals surface area contributed by atoms with Gasteiger partial charge in [-0.25, -0.2) is 4.79 Å². The number of fused-ring (bicyclic) bond motifs is 1. The van der Waals surface area contributed by atoms with Crippen LogP contribution in [0.4, 0.5) is 13.2 Å². The lowest BCUT2D eigenvalue weighted by molar-refractivity contribution is -0.192. The molecular weight excluding hydrogens is 407 g/mol. The van der Waals surface area contributed by atoms with Gasteiger partial charge in [0.1, 0.15) is 0 Å². The number of carbonyl (C=O) groups is 2. The molecule has 29 heavy (non-hydrogen) atoms. The van der Waals surface area contributed by atoms with Crippen LogP contribution < -0.4 is 0 Å². The lowest BCUT2D eigenvalue weighted by Crippen LogP contribution is -2.32. The molecule has 1 amide bonds. The molecule has 2 aliphatic heterocycles. The average Bonchev–Trinajstić information content (AvgIpc) is 3.38. The lowest BCUT2D eigenvalue weighted by Gasteiger charge is -2.21. The molecule has 2 saturated heterocycles. The predicted molar refractivity (Wildman–Crippen MR) is 100 cm³/mol. The topological polar surface area (TPSA) is 73.7 Å². The normalized spacial score (nSPS) is 21.4. The number of nitrogens with zero attached hydrogens (tertiary/aromatic N) is 3. The summed E-state index contributed by atoms with van der Waals surface area (Å²) in [4.78, 5) is 30.9. The molecule has 4 rings (SSSR count). The minimum atomic E-state index is -5.08. The van der Waals surface area contributed by atoms with Gasteiger partial charge < -0.3 is 10.0 Å². The van der Waals surface area contributed by atoms with Crippen molar-refractivity contribution in [2.24, 2.45) is 11.8 Å². The molecule has 6 nitrogen and oxygen atoms in total. The van der Waals surface area contributed by atoms with Gasteiger partial charge in [-0.15, -0.1) is 11.3 Å². The summed E-state index contributed by atoms with van der Waals surface area (Å²) < 4.78 is 31.7. The van der Waals surface area contributed by atoms with Crippen LogP contribution in [0.1, 0.15) is 15.2 Å². The van der Waals surface area contributed by atoms with Gasteiger partial charge >= 0.3 is 12.1 Å². The maximum Gasteiger partial charge on any atom is 0.490 e. The van der Waals surface area contributed by atoms with E-state index in [4.69, 9.17) is 9.90 Å². The van der Waals surface area contributed by atoms with Crippen molar-refractivity contribution in [1.82, 2.24) is 14.8 Å². The number of carbonyl (C=O) groups excluding carboxylic acids is 1. The van der Waals surface area contributed by atoms with Gasteiger partial charge in [-0.1, -0.05) is 12.1 Å². The largest absolute Gasteiger partial charge is 0.490 e. The van der Waals surface area contributed by atoms with Gasteiger partial charge in [0.25, 0.3) is 5.91 Å². The van der Waals surface area contributed by atoms with E-state index < -0.39 is 12.1 Å². The first-order chi connectivity index (χ1) is 13.7. The molecule has 2 aliphatic rings. The maximum absolute atomic E-state index is 12.4. The molecule has 2 aromatic heterocycles. The Labute approximate surface area is 169 Å². The fourth-order valence-corrected chi connectivity index (χ4v) is 4.38. The highest BCUT2D eigenvalue weighted by Gasteiger charge is 2.41. The van der Waals surface area contributed by atoms with Crippen molar-refractivity contribution >= 4 is 23.2 Å². The summed E-state index contributed by atoms with van der Waals surface area (Å²) in [5.74, 6) is -1.29. The van der Waals surface area contributed by atoms with Crippen molar-refractivity contribution in [2.75, 3.05) is 26.2 Å². The van der Waals surface area contributed by atoms with Crippen LogP contribution in [0.5, 0.6) is 0 Å². The van der Waals surface area contributed by atoms with Crippen LogP contribution in [0.25, 0.3) is 0 Å². The second kappa shape index (κ2) is 8.91. The van der Waals surface area contributed by atoms with E-state index in [0.717, 1.165) is 37.6 Å². The first-order valence-electron chi connectivity index (χ1n) is 8.98. The van der Waals surface area contributed by atoms with Gasteiger partial charge in [-0.05, 0) is 34.9 Å². The zero-order valence-corrected chi connectivity index (χ0v) is 16.2. The molecule has 0 saturated carbocycles. The number of likely N-dealkylation sites (tertiary alicyclic amines) is 2. The monoisotopic (exact) mass is 427 g/mol. The molecule has 156 valence electrons. The second-order valence-electron chi connectivity index (χ2n) is 7.07. The molecule has 2 atom stereocenters. The third-order valence-corrected chi connectivity index (χ3v) is 5.81. The Bertz CT molecular complexity index is 816. The number of pyridine rings is 1. The Kier molecular flexibility index (Phi) is 6.53. The van der Waals surface area contributed by atoms with E-state index >= 15 is 0 Å². The Hall–Kier alpha value is -2.46. The van der Waals surface area contributed by atoms with E-state index in [9.17, 15) is 18.0 Å². The summed E-state index contributed by atoms with van der Waals surface area (Å²) in [6, 6.07) is 8.00. The van der Waals surface area contributed by atoms with Crippen molar-refractivity contribution in [3.05, 3.63) is 52.5 Å². The third-order valence-electron chi connectivity index (χ3n) is 4.95. The molecular formula is C19H20F3N3O3S. The number of amides is 1. The Morgan fingerprint density at radius 3 is 2.28 bits per heavy atom. The van der Waals surface area contributed by atoms with E-state index in [2.05, 4.69) is 16.0 Å². The number of rotatable bonds is 3. The summed E-state index contributed by atoms with van der Waals surface area (Å²) in [7, 11) is 0. The van der Waals surface area contributed by atoms with Crippen LogP contribution in [0, 0.1) is 11.8 Å². The van der Waals surface area contributed by atoms with Gasteiger partial charge in [0, 0.05) is 45.1 Å². The quantitative estimate of drug-likeness (QED) is 0.815. The van der Waals surface area contributed by atoms with Crippen LogP contribution in [0.2, 0.25) is 0 Å². The fourth-order valence-electron chi connectivity index (χ4n) is 3.69. The Morgan fingerprint density at radius 1 is 1.14 bits per heavy atom. The number of carboxylic acids is 1. The standard InChI is InChI=1S/C17H19N3OS.C2HF3O2/c21-17(16-4-2-6-22-16)20-11-14-9-19(10-15(14)12-20)8-13-3-1-5-18-7-13;3-2(4,5)1(6)7/h1-7,14-15H,8-12H2;(H,6,7). The lowest BCUT2D eigenvalue weighted by atomic mass is 10.0. The smallest absolute Gasteiger partial charge is 0.475 e. The zero-order chi connectivity index (χ0) is 21.0. The molecule has 1 N–H and O–H groups in total. The third kappa shape index (κ3) is 5.54. The highest BCUT2D eigenvalue weighted by molar-refractivity contribution is 7.12. The molecule has 10 heteroatoms. The number of halogens is 3. The number of hydrogen-bond donors (Lipinski definition) is 1. The first kappa shape index (κ1) is 21.3. The molecule has 2 unspecified atom stereocenters. The van der Waals surface area contributed by atoms with Crippen molar-refractivity contribution in [1.29, 1.82) is 0 Å². The van der Waals surface area contributed by atoms with Gasteiger partial charge in [0.2, 0.25) is 0 Å². The molecule has 4 heterocycles. The zero-order valence-electron chi connectivity index (χ0n) is 15.4. The van der Waals surface area contributed by atoms with Crippen molar-refractivity contribution in [3.8, 4) is 0 Å². The molecule has 2 aromatic rings. The molecule has 0 spiro atoms.